The van der Waals surface area contributed by atoms with Crippen LogP contribution in [0.25, 0.3) is 66.1 Å². The third kappa shape index (κ3) is 4.19. The number of hydrogen-bond acceptors (Lipinski definition) is 1. The van der Waals surface area contributed by atoms with Crippen molar-refractivity contribution in [3.8, 4) is 27.9 Å². The Morgan fingerprint density at radius 2 is 1.21 bits per heavy atom. The summed E-state index contributed by atoms with van der Waals surface area (Å²) in [6, 6.07) is 58.2. The smallest absolute Gasteiger partial charge is 0.0632 e. The molecule has 0 bridgehead atoms. The molecular weight excluding hydrogens is 581 g/mol. The summed E-state index contributed by atoms with van der Waals surface area (Å²) < 4.78 is 2.37. The first kappa shape index (κ1) is 27.0. The van der Waals surface area contributed by atoms with Crippen LogP contribution in [0.2, 0.25) is 0 Å². The molecule has 10 rings (SSSR count). The van der Waals surface area contributed by atoms with Crippen LogP contribution in [0.5, 0.6) is 0 Å². The van der Waals surface area contributed by atoms with Crippen molar-refractivity contribution >= 4 is 49.5 Å². The topological polar surface area (TPSA) is 8.17 Å². The molecule has 0 amide bonds. The largest absolute Gasteiger partial charge is 0.333 e. The summed E-state index contributed by atoms with van der Waals surface area (Å²) in [6.45, 7) is 0. The van der Waals surface area contributed by atoms with Gasteiger partial charge in [-0.05, 0) is 106 Å². The van der Waals surface area contributed by atoms with Crippen LogP contribution in [0.4, 0.5) is 11.4 Å². The van der Waals surface area contributed by atoms with Gasteiger partial charge in [-0.25, -0.2) is 0 Å². The average Bonchev–Trinajstić information content (AvgIpc) is 3.67. The van der Waals surface area contributed by atoms with Crippen LogP contribution < -0.4 is 4.90 Å². The monoisotopic (exact) mass is 612 g/mol. The first-order valence-corrected chi connectivity index (χ1v) is 16.8. The lowest BCUT2D eigenvalue weighted by atomic mass is 9.93. The second-order valence-electron chi connectivity index (χ2n) is 12.9. The van der Waals surface area contributed by atoms with E-state index in [0.29, 0.717) is 6.04 Å². The van der Waals surface area contributed by atoms with Crippen LogP contribution >= 0.6 is 0 Å². The minimum atomic E-state index is 0.303. The van der Waals surface area contributed by atoms with E-state index in [1.807, 2.05) is 0 Å². The van der Waals surface area contributed by atoms with Crippen LogP contribution in [0, 0.1) is 0 Å². The van der Waals surface area contributed by atoms with Crippen molar-refractivity contribution in [2.75, 3.05) is 4.90 Å². The van der Waals surface area contributed by atoms with E-state index in [1.165, 1.54) is 83.0 Å². The lowest BCUT2D eigenvalue weighted by Crippen LogP contribution is -2.27. The lowest BCUT2D eigenvalue weighted by Gasteiger charge is -2.28. The molecule has 0 saturated heterocycles. The fourth-order valence-corrected chi connectivity index (χ4v) is 7.99. The Balaban J connectivity index is 1.06. The van der Waals surface area contributed by atoms with Crippen molar-refractivity contribution in [1.82, 2.24) is 4.57 Å². The van der Waals surface area contributed by atoms with E-state index in [1.54, 1.807) is 0 Å². The normalized spacial score (nSPS) is 15.2. The number of hydrogen-bond donors (Lipinski definition) is 0. The maximum Gasteiger partial charge on any atom is 0.0632 e. The molecule has 0 radical (unpaired) electrons. The van der Waals surface area contributed by atoms with E-state index in [9.17, 15) is 0 Å². The van der Waals surface area contributed by atoms with Crippen LogP contribution in [-0.4, -0.2) is 10.6 Å². The summed E-state index contributed by atoms with van der Waals surface area (Å²) in [7, 11) is 0. The van der Waals surface area contributed by atoms with E-state index in [4.69, 9.17) is 0 Å². The minimum absolute atomic E-state index is 0.303. The fourth-order valence-electron chi connectivity index (χ4n) is 7.99. The molecular formula is C46H32N2. The first-order chi connectivity index (χ1) is 23.8. The first-order valence-electron chi connectivity index (χ1n) is 16.8. The highest BCUT2D eigenvalue weighted by atomic mass is 15.2. The Kier molecular flexibility index (Phi) is 6.04. The molecule has 1 atom stereocenters. The van der Waals surface area contributed by atoms with Crippen LogP contribution in [0.1, 0.15) is 12.0 Å². The van der Waals surface area contributed by atoms with Crippen molar-refractivity contribution in [2.45, 2.75) is 12.5 Å². The Morgan fingerprint density at radius 3 is 2.10 bits per heavy atom. The quantitative estimate of drug-likeness (QED) is 0.192. The summed E-state index contributed by atoms with van der Waals surface area (Å²) in [5.41, 5.74) is 13.8. The van der Waals surface area contributed by atoms with Crippen LogP contribution in [-0.2, 0) is 0 Å². The van der Waals surface area contributed by atoms with Gasteiger partial charge in [0.25, 0.3) is 0 Å². The standard InChI is InChI=1S/C46H32N2/c1-2-15-37(16-3-1)47-43-19-8-6-17-39(43)41-29-35(22-25-45(41)47)32-13-10-14-33(27-32)36-23-26-46-42(30-36)40-18-7-9-20-44(40)48(46)38-24-21-31-11-4-5-12-34(31)28-38/h1-19,21-30,44H,20H2. The van der Waals surface area contributed by atoms with Gasteiger partial charge in [0.05, 0.1) is 17.1 Å². The highest BCUT2D eigenvalue weighted by Gasteiger charge is 2.35. The van der Waals surface area contributed by atoms with E-state index >= 15 is 0 Å². The number of rotatable bonds is 4. The summed E-state index contributed by atoms with van der Waals surface area (Å²) in [6.07, 6.45) is 7.83. The van der Waals surface area contributed by atoms with Crippen molar-refractivity contribution < 1.29 is 0 Å². The van der Waals surface area contributed by atoms with Gasteiger partial charge in [-0.15, -0.1) is 0 Å². The lowest BCUT2D eigenvalue weighted by molar-refractivity contribution is 0.830. The van der Waals surface area contributed by atoms with Gasteiger partial charge in [0.2, 0.25) is 0 Å². The zero-order valence-electron chi connectivity index (χ0n) is 26.4. The molecule has 2 aliphatic rings. The van der Waals surface area contributed by atoms with Crippen molar-refractivity contribution in [2.24, 2.45) is 0 Å². The number of anilines is 2. The molecule has 0 spiro atoms. The van der Waals surface area contributed by atoms with Crippen molar-refractivity contribution in [3.63, 3.8) is 0 Å². The molecule has 1 aliphatic heterocycles. The predicted molar refractivity (Wildman–Crippen MR) is 203 cm³/mol. The fraction of sp³-hybridized carbons (Fsp3) is 0.0435. The molecule has 8 aromatic rings. The molecule has 7 aromatic carbocycles. The number of para-hydroxylation sites is 2. The molecule has 1 aliphatic carbocycles. The zero-order chi connectivity index (χ0) is 31.6. The molecule has 1 aromatic heterocycles. The van der Waals surface area contributed by atoms with Gasteiger partial charge in [0.1, 0.15) is 0 Å². The van der Waals surface area contributed by atoms with E-state index in [-0.39, 0.29) is 0 Å². The summed E-state index contributed by atoms with van der Waals surface area (Å²) in [4.78, 5) is 2.54. The molecule has 0 N–H and O–H groups in total. The maximum atomic E-state index is 2.54. The maximum absolute atomic E-state index is 2.54. The third-order valence-electron chi connectivity index (χ3n) is 10.2. The summed E-state index contributed by atoms with van der Waals surface area (Å²) >= 11 is 0. The number of nitrogens with zero attached hydrogens (tertiary/aromatic N) is 2. The Hall–Kier alpha value is -6.12. The van der Waals surface area contributed by atoms with E-state index in [0.717, 1.165) is 6.42 Å². The second kappa shape index (κ2) is 10.7. The van der Waals surface area contributed by atoms with E-state index < -0.39 is 0 Å². The van der Waals surface area contributed by atoms with Gasteiger partial charge in [0.15, 0.2) is 0 Å². The Morgan fingerprint density at radius 1 is 0.479 bits per heavy atom. The van der Waals surface area contributed by atoms with Gasteiger partial charge in [-0.1, -0.05) is 115 Å². The highest BCUT2D eigenvalue weighted by molar-refractivity contribution is 6.10. The van der Waals surface area contributed by atoms with Gasteiger partial charge < -0.3 is 9.47 Å². The van der Waals surface area contributed by atoms with E-state index in [2.05, 4.69) is 185 Å². The number of allylic oxidation sites excluding steroid dienone is 2. The third-order valence-corrected chi connectivity index (χ3v) is 10.2. The molecule has 226 valence electrons. The average molecular weight is 613 g/mol. The number of aromatic nitrogens is 1. The molecule has 1 unspecified atom stereocenters. The SMILES string of the molecule is C1=CCC2C(=C1)c1cc(-c3cccc(-c4ccc5c(c4)c4ccccc4n5-c4ccccc4)c3)ccc1N2c1ccc2ccccc2c1. The van der Waals surface area contributed by atoms with Crippen LogP contribution in [0.15, 0.2) is 176 Å². The van der Waals surface area contributed by atoms with Crippen molar-refractivity contribution in [3.05, 3.63) is 182 Å². The molecule has 2 nitrogen and oxygen atoms in total. The molecule has 2 heterocycles. The summed E-state index contributed by atoms with van der Waals surface area (Å²) in [5.74, 6) is 0. The van der Waals surface area contributed by atoms with Gasteiger partial charge in [0, 0.05) is 33.4 Å². The number of benzene rings is 7. The zero-order valence-corrected chi connectivity index (χ0v) is 26.4. The highest BCUT2D eigenvalue weighted by Crippen LogP contribution is 2.49. The summed E-state index contributed by atoms with van der Waals surface area (Å²) in [5, 5.41) is 5.09. The molecule has 0 saturated carbocycles. The Labute approximate surface area is 280 Å². The second-order valence-corrected chi connectivity index (χ2v) is 12.9. The minimum Gasteiger partial charge on any atom is -0.333 e. The van der Waals surface area contributed by atoms with Crippen LogP contribution in [0.3, 0.4) is 0 Å². The molecule has 2 heteroatoms. The Bertz CT molecular complexity index is 2600. The van der Waals surface area contributed by atoms with Crippen molar-refractivity contribution in [1.29, 1.82) is 0 Å². The van der Waals surface area contributed by atoms with Gasteiger partial charge >= 0.3 is 0 Å². The molecule has 48 heavy (non-hydrogen) atoms. The molecule has 0 fully saturated rings. The predicted octanol–water partition coefficient (Wildman–Crippen LogP) is 12.1. The van der Waals surface area contributed by atoms with Gasteiger partial charge in [-0.2, -0.15) is 0 Å². The number of fused-ring (bicyclic) bond motifs is 7. The van der Waals surface area contributed by atoms with Gasteiger partial charge in [-0.3, -0.25) is 0 Å².